The molecule has 0 saturated heterocycles. The summed E-state index contributed by atoms with van der Waals surface area (Å²) >= 11 is 1.44. The van der Waals surface area contributed by atoms with Gasteiger partial charge in [-0.15, -0.1) is 0 Å². The van der Waals surface area contributed by atoms with E-state index in [1.54, 1.807) is 12.4 Å². The molecule has 1 aromatic carbocycles. The van der Waals surface area contributed by atoms with Crippen LogP contribution in [0.2, 0.25) is 0 Å². The first-order valence-corrected chi connectivity index (χ1v) is 6.71. The van der Waals surface area contributed by atoms with Crippen LogP contribution in [0.25, 0.3) is 10.8 Å². The van der Waals surface area contributed by atoms with Gasteiger partial charge >= 0.3 is 0 Å². The Morgan fingerprint density at radius 2 is 2.05 bits per heavy atom. The number of oxazole rings is 1. The van der Waals surface area contributed by atoms with Gasteiger partial charge in [0.05, 0.1) is 11.4 Å². The average Bonchev–Trinajstić information content (AvgIpc) is 2.72. The van der Waals surface area contributed by atoms with Crippen LogP contribution >= 0.6 is 11.8 Å². The van der Waals surface area contributed by atoms with Crippen molar-refractivity contribution < 1.29 is 4.42 Å². The van der Waals surface area contributed by atoms with Crippen LogP contribution in [0.5, 0.6) is 0 Å². The molecule has 3 rings (SSSR count). The maximum absolute atomic E-state index is 6.19. The van der Waals surface area contributed by atoms with Crippen LogP contribution in [-0.4, -0.2) is 9.97 Å². The molecule has 0 aliphatic carbocycles. The Kier molecular flexibility index (Phi) is 2.91. The quantitative estimate of drug-likeness (QED) is 0.722. The van der Waals surface area contributed by atoms with Crippen LogP contribution < -0.4 is 5.73 Å². The number of rotatable bonds is 2. The van der Waals surface area contributed by atoms with Gasteiger partial charge in [0.2, 0.25) is 0 Å². The first-order valence-electron chi connectivity index (χ1n) is 5.89. The Morgan fingerprint density at radius 3 is 2.79 bits per heavy atom. The minimum Gasteiger partial charge on any atom is -0.436 e. The van der Waals surface area contributed by atoms with Crippen molar-refractivity contribution in [3.05, 3.63) is 42.0 Å². The third-order valence-corrected chi connectivity index (χ3v) is 3.95. The van der Waals surface area contributed by atoms with Crippen LogP contribution in [0.1, 0.15) is 11.5 Å². The summed E-state index contributed by atoms with van der Waals surface area (Å²) in [5.41, 5.74) is 7.84. The summed E-state index contributed by atoms with van der Waals surface area (Å²) in [6.45, 7) is 3.83. The van der Waals surface area contributed by atoms with E-state index in [0.717, 1.165) is 32.8 Å². The Labute approximate surface area is 115 Å². The standard InChI is InChI=1S/C14H13N3OS/c1-8-9(2)18-14(17-8)19-12-4-3-10-7-16-6-5-11(10)13(12)15/h3-7H,15H2,1-2H3. The normalized spacial score (nSPS) is 11.1. The molecule has 0 aliphatic rings. The number of pyridine rings is 1. The zero-order valence-corrected chi connectivity index (χ0v) is 11.5. The smallest absolute Gasteiger partial charge is 0.261 e. The SMILES string of the molecule is Cc1nc(Sc2ccc3cnccc3c2N)oc1C. The first-order chi connectivity index (χ1) is 9.15. The Balaban J connectivity index is 2.03. The Morgan fingerprint density at radius 1 is 1.21 bits per heavy atom. The lowest BCUT2D eigenvalue weighted by atomic mass is 10.1. The molecule has 19 heavy (non-hydrogen) atoms. The minimum absolute atomic E-state index is 0.620. The molecule has 0 saturated carbocycles. The predicted molar refractivity (Wildman–Crippen MR) is 76.3 cm³/mol. The minimum atomic E-state index is 0.620. The van der Waals surface area contributed by atoms with Crippen molar-refractivity contribution in [3.63, 3.8) is 0 Å². The van der Waals surface area contributed by atoms with Crippen molar-refractivity contribution >= 4 is 28.2 Å². The van der Waals surface area contributed by atoms with Crippen LogP contribution in [0, 0.1) is 13.8 Å². The van der Waals surface area contributed by atoms with E-state index in [1.807, 2.05) is 32.0 Å². The Hall–Kier alpha value is -2.01. The number of nitrogens with two attached hydrogens (primary N) is 1. The molecule has 0 amide bonds. The second kappa shape index (κ2) is 4.59. The Bertz CT molecular complexity index is 732. The molecule has 0 bridgehead atoms. The monoisotopic (exact) mass is 271 g/mol. The maximum atomic E-state index is 6.19. The first kappa shape index (κ1) is 12.0. The van der Waals surface area contributed by atoms with Gasteiger partial charge in [-0.3, -0.25) is 4.98 Å². The van der Waals surface area contributed by atoms with Gasteiger partial charge in [-0.1, -0.05) is 6.07 Å². The van der Waals surface area contributed by atoms with Crippen LogP contribution in [0.15, 0.2) is 45.1 Å². The summed E-state index contributed by atoms with van der Waals surface area (Å²) in [7, 11) is 0. The molecule has 5 heteroatoms. The topological polar surface area (TPSA) is 64.9 Å². The lowest BCUT2D eigenvalue weighted by Gasteiger charge is -2.06. The zero-order chi connectivity index (χ0) is 13.4. The molecule has 4 nitrogen and oxygen atoms in total. The molecule has 0 unspecified atom stereocenters. The van der Waals surface area contributed by atoms with Gasteiger partial charge in [-0.2, -0.15) is 0 Å². The van der Waals surface area contributed by atoms with Crippen molar-refractivity contribution in [2.45, 2.75) is 24.0 Å². The van der Waals surface area contributed by atoms with Gasteiger partial charge in [0.25, 0.3) is 5.22 Å². The zero-order valence-electron chi connectivity index (χ0n) is 10.7. The molecule has 0 fully saturated rings. The number of nitrogen functional groups attached to an aromatic ring is 1. The van der Waals surface area contributed by atoms with Crippen molar-refractivity contribution in [3.8, 4) is 0 Å². The van der Waals surface area contributed by atoms with Gasteiger partial charge in [-0.05, 0) is 37.7 Å². The summed E-state index contributed by atoms with van der Waals surface area (Å²) in [6.07, 6.45) is 3.55. The lowest BCUT2D eigenvalue weighted by Crippen LogP contribution is -1.91. The van der Waals surface area contributed by atoms with Crippen molar-refractivity contribution in [2.75, 3.05) is 5.73 Å². The van der Waals surface area contributed by atoms with E-state index in [0.29, 0.717) is 5.22 Å². The highest BCUT2D eigenvalue weighted by molar-refractivity contribution is 7.99. The van der Waals surface area contributed by atoms with Gasteiger partial charge in [0, 0.05) is 28.1 Å². The number of aromatic nitrogens is 2. The maximum Gasteiger partial charge on any atom is 0.261 e. The number of nitrogens with zero attached hydrogens (tertiary/aromatic N) is 2. The third-order valence-electron chi connectivity index (χ3n) is 3.03. The average molecular weight is 271 g/mol. The van der Waals surface area contributed by atoms with E-state index in [-0.39, 0.29) is 0 Å². The van der Waals surface area contributed by atoms with Gasteiger partial charge in [0.1, 0.15) is 5.76 Å². The van der Waals surface area contributed by atoms with E-state index in [4.69, 9.17) is 10.2 Å². The summed E-state index contributed by atoms with van der Waals surface area (Å²) in [5.74, 6) is 0.839. The molecule has 96 valence electrons. The van der Waals surface area contributed by atoms with Crippen molar-refractivity contribution in [1.82, 2.24) is 9.97 Å². The molecule has 0 atom stereocenters. The third kappa shape index (κ3) is 2.17. The second-order valence-corrected chi connectivity index (χ2v) is 5.29. The molecular weight excluding hydrogens is 258 g/mol. The van der Waals surface area contributed by atoms with Gasteiger partial charge < -0.3 is 10.2 Å². The van der Waals surface area contributed by atoms with Crippen molar-refractivity contribution in [2.24, 2.45) is 0 Å². The summed E-state index contributed by atoms with van der Waals surface area (Å²) in [6, 6.07) is 5.89. The number of hydrogen-bond donors (Lipinski definition) is 1. The number of hydrogen-bond acceptors (Lipinski definition) is 5. The van der Waals surface area contributed by atoms with Gasteiger partial charge in [0.15, 0.2) is 0 Å². The van der Waals surface area contributed by atoms with E-state index in [9.17, 15) is 0 Å². The van der Waals surface area contributed by atoms with E-state index >= 15 is 0 Å². The number of aryl methyl sites for hydroxylation is 2. The number of fused-ring (bicyclic) bond motifs is 1. The molecule has 2 heterocycles. The molecule has 2 aromatic heterocycles. The fraction of sp³-hybridized carbons (Fsp3) is 0.143. The summed E-state index contributed by atoms with van der Waals surface area (Å²) in [5, 5.41) is 2.65. The van der Waals surface area contributed by atoms with Crippen LogP contribution in [0.4, 0.5) is 5.69 Å². The van der Waals surface area contributed by atoms with E-state index in [2.05, 4.69) is 9.97 Å². The summed E-state index contributed by atoms with van der Waals surface area (Å²) in [4.78, 5) is 9.39. The number of anilines is 1. The molecule has 0 spiro atoms. The fourth-order valence-corrected chi connectivity index (χ4v) is 2.74. The van der Waals surface area contributed by atoms with Crippen molar-refractivity contribution in [1.29, 1.82) is 0 Å². The van der Waals surface area contributed by atoms with Crippen LogP contribution in [0.3, 0.4) is 0 Å². The predicted octanol–water partition coefficient (Wildman–Crippen LogP) is 3.57. The molecular formula is C14H13N3OS. The van der Waals surface area contributed by atoms with Gasteiger partial charge in [-0.25, -0.2) is 4.98 Å². The second-order valence-electron chi connectivity index (χ2n) is 4.30. The number of benzene rings is 1. The highest BCUT2D eigenvalue weighted by atomic mass is 32.2. The molecule has 2 N–H and O–H groups in total. The molecule has 0 radical (unpaired) electrons. The largest absolute Gasteiger partial charge is 0.436 e. The van der Waals surface area contributed by atoms with E-state index in [1.165, 1.54) is 11.8 Å². The van der Waals surface area contributed by atoms with Crippen LogP contribution in [-0.2, 0) is 0 Å². The highest BCUT2D eigenvalue weighted by Crippen LogP contribution is 2.36. The lowest BCUT2D eigenvalue weighted by molar-refractivity contribution is 0.431. The molecule has 3 aromatic rings. The fourth-order valence-electron chi connectivity index (χ4n) is 1.84. The van der Waals surface area contributed by atoms with E-state index < -0.39 is 0 Å². The molecule has 0 aliphatic heterocycles. The highest BCUT2D eigenvalue weighted by Gasteiger charge is 2.11. The summed E-state index contributed by atoms with van der Waals surface area (Å²) < 4.78 is 5.57.